The van der Waals surface area contributed by atoms with Crippen LogP contribution in [0.15, 0.2) is 89.7 Å². The topological polar surface area (TPSA) is 22.0 Å². The second-order valence-electron chi connectivity index (χ2n) is 9.31. The highest BCUT2D eigenvalue weighted by atomic mass is 16.1. The molecular weight excluding hydrogens is 377 g/mol. The lowest BCUT2D eigenvalue weighted by Gasteiger charge is -2.42. The number of rotatable bonds is 0. The molecule has 2 aliphatic rings. The van der Waals surface area contributed by atoms with E-state index in [1.807, 2.05) is 22.8 Å². The van der Waals surface area contributed by atoms with Crippen molar-refractivity contribution in [3.8, 4) is 5.69 Å². The average Bonchev–Trinajstić information content (AvgIpc) is 2.80. The van der Waals surface area contributed by atoms with E-state index in [4.69, 9.17) is 0 Å². The highest BCUT2D eigenvalue weighted by Crippen LogP contribution is 2.36. The van der Waals surface area contributed by atoms with Gasteiger partial charge in [0.1, 0.15) is 0 Å². The minimum absolute atomic E-state index is 0.0686. The van der Waals surface area contributed by atoms with Crippen LogP contribution >= 0.6 is 0 Å². The van der Waals surface area contributed by atoms with Crippen molar-refractivity contribution >= 4 is 44.8 Å². The van der Waals surface area contributed by atoms with E-state index in [1.165, 1.54) is 27.5 Å². The zero-order chi connectivity index (χ0) is 20.9. The largest absolute Gasteiger partial charge is 0.277 e. The molecule has 0 amide bonds. The van der Waals surface area contributed by atoms with Gasteiger partial charge in [-0.3, -0.25) is 9.36 Å². The van der Waals surface area contributed by atoms with Crippen molar-refractivity contribution in [1.82, 2.24) is 4.57 Å². The van der Waals surface area contributed by atoms with E-state index < -0.39 is 0 Å². The fraction of sp³-hybridized carbons (Fsp3) is 0.107. The predicted octanol–water partition coefficient (Wildman–Crippen LogP) is 3.61. The molecule has 3 heterocycles. The molecule has 0 radical (unpaired) electrons. The molecular formula is C28H20BNO. The summed E-state index contributed by atoms with van der Waals surface area (Å²) >= 11 is 0. The summed E-state index contributed by atoms with van der Waals surface area (Å²) in [4.78, 5) is 13.8. The van der Waals surface area contributed by atoms with Crippen LogP contribution in [0.1, 0.15) is 25.0 Å². The molecule has 0 atom stereocenters. The van der Waals surface area contributed by atoms with Gasteiger partial charge in [0.2, 0.25) is 6.71 Å². The molecule has 2 aliphatic heterocycles. The molecule has 0 bridgehead atoms. The Kier molecular flexibility index (Phi) is 3.07. The van der Waals surface area contributed by atoms with Crippen LogP contribution in [-0.4, -0.2) is 11.3 Å². The summed E-state index contributed by atoms with van der Waals surface area (Å²) in [6.07, 6.45) is 0. The molecule has 4 aromatic carbocycles. The van der Waals surface area contributed by atoms with Crippen LogP contribution in [0.4, 0.5) is 0 Å². The van der Waals surface area contributed by atoms with Crippen LogP contribution < -0.4 is 21.9 Å². The number of aromatic nitrogens is 1. The van der Waals surface area contributed by atoms with Crippen molar-refractivity contribution in [1.29, 1.82) is 0 Å². The summed E-state index contributed by atoms with van der Waals surface area (Å²) in [5, 5.41) is 2.95. The van der Waals surface area contributed by atoms with Gasteiger partial charge in [-0.25, -0.2) is 0 Å². The fourth-order valence-corrected chi connectivity index (χ4v) is 6.16. The Morgan fingerprint density at radius 1 is 0.677 bits per heavy atom. The quantitative estimate of drug-likeness (QED) is 0.284. The minimum Gasteiger partial charge on any atom is -0.277 e. The number of benzene rings is 4. The van der Waals surface area contributed by atoms with Gasteiger partial charge in [0.15, 0.2) is 0 Å². The Hall–Kier alpha value is -3.59. The first kappa shape index (κ1) is 17.1. The van der Waals surface area contributed by atoms with Gasteiger partial charge in [0, 0.05) is 21.9 Å². The van der Waals surface area contributed by atoms with Gasteiger partial charge in [0.25, 0.3) is 5.56 Å². The predicted molar refractivity (Wildman–Crippen MR) is 130 cm³/mol. The molecule has 0 saturated heterocycles. The maximum atomic E-state index is 13.8. The summed E-state index contributed by atoms with van der Waals surface area (Å²) in [5.74, 6) is 0. The highest BCUT2D eigenvalue weighted by Gasteiger charge is 2.44. The van der Waals surface area contributed by atoms with Crippen LogP contribution in [-0.2, 0) is 5.41 Å². The SMILES string of the molecule is CC1(C)c2ccccc2B2c3c(cccc31)-n1c(=O)c3ccccc3c3cccc2c31. The minimum atomic E-state index is -0.121. The Bertz CT molecular complexity index is 1640. The number of fused-ring (bicyclic) bond motifs is 6. The Labute approximate surface area is 180 Å². The van der Waals surface area contributed by atoms with Crippen LogP contribution in [0.5, 0.6) is 0 Å². The normalized spacial score (nSPS) is 15.1. The summed E-state index contributed by atoms with van der Waals surface area (Å²) in [7, 11) is 0. The summed E-state index contributed by atoms with van der Waals surface area (Å²) in [6.45, 7) is 4.74. The molecule has 0 fully saturated rings. The third-order valence-electron chi connectivity index (χ3n) is 7.48. The van der Waals surface area contributed by atoms with Gasteiger partial charge < -0.3 is 0 Å². The molecule has 0 spiro atoms. The van der Waals surface area contributed by atoms with Crippen LogP contribution in [0.2, 0.25) is 0 Å². The van der Waals surface area contributed by atoms with Crippen molar-refractivity contribution in [3.05, 3.63) is 106 Å². The van der Waals surface area contributed by atoms with E-state index in [9.17, 15) is 4.79 Å². The number of nitrogens with zero attached hydrogens (tertiary/aromatic N) is 1. The molecule has 7 rings (SSSR count). The van der Waals surface area contributed by atoms with Crippen LogP contribution in [0, 0.1) is 0 Å². The maximum absolute atomic E-state index is 13.8. The first-order chi connectivity index (χ1) is 15.1. The first-order valence-electron chi connectivity index (χ1n) is 10.9. The van der Waals surface area contributed by atoms with Gasteiger partial charge in [0.05, 0.1) is 5.52 Å². The number of hydrogen-bond donors (Lipinski definition) is 0. The number of pyridine rings is 1. The van der Waals surface area contributed by atoms with Crippen molar-refractivity contribution in [2.45, 2.75) is 19.3 Å². The van der Waals surface area contributed by atoms with E-state index in [0.717, 1.165) is 27.4 Å². The molecule has 146 valence electrons. The van der Waals surface area contributed by atoms with Gasteiger partial charge in [-0.1, -0.05) is 92.1 Å². The molecule has 5 aromatic rings. The second kappa shape index (κ2) is 5.56. The Morgan fingerprint density at radius 2 is 1.32 bits per heavy atom. The molecule has 0 saturated carbocycles. The lowest BCUT2D eigenvalue weighted by atomic mass is 9.30. The lowest BCUT2D eigenvalue weighted by Crippen LogP contribution is -2.64. The Balaban J connectivity index is 1.78. The zero-order valence-electron chi connectivity index (χ0n) is 17.5. The molecule has 2 nitrogen and oxygen atoms in total. The standard InChI is InChI=1S/C28H20BNO/c1-28(2)20-12-5-6-14-22(20)29-23-15-7-11-18-17-9-3-4-10-19(17)27(31)30(26(18)23)24-16-8-13-21(28)25(24)29/h3-16H,1-2H3. The number of hydrogen-bond acceptors (Lipinski definition) is 1. The van der Waals surface area contributed by atoms with E-state index >= 15 is 0 Å². The monoisotopic (exact) mass is 397 g/mol. The number of para-hydroxylation sites is 1. The summed E-state index contributed by atoms with van der Waals surface area (Å²) < 4.78 is 1.98. The molecule has 0 unspecified atom stereocenters. The summed E-state index contributed by atoms with van der Waals surface area (Å²) in [6, 6.07) is 29.8. The van der Waals surface area contributed by atoms with Crippen molar-refractivity contribution < 1.29 is 0 Å². The summed E-state index contributed by atoms with van der Waals surface area (Å²) in [5.41, 5.74) is 8.58. The van der Waals surface area contributed by atoms with E-state index in [1.54, 1.807) is 0 Å². The van der Waals surface area contributed by atoms with Gasteiger partial charge in [-0.15, -0.1) is 0 Å². The zero-order valence-corrected chi connectivity index (χ0v) is 17.5. The van der Waals surface area contributed by atoms with Crippen molar-refractivity contribution in [3.63, 3.8) is 0 Å². The maximum Gasteiger partial charge on any atom is 0.263 e. The van der Waals surface area contributed by atoms with E-state index in [2.05, 4.69) is 80.6 Å². The van der Waals surface area contributed by atoms with E-state index in [0.29, 0.717) is 0 Å². The molecule has 0 aliphatic carbocycles. The van der Waals surface area contributed by atoms with Gasteiger partial charge in [-0.2, -0.15) is 0 Å². The highest BCUT2D eigenvalue weighted by molar-refractivity contribution is 6.98. The Morgan fingerprint density at radius 3 is 2.19 bits per heavy atom. The van der Waals surface area contributed by atoms with Gasteiger partial charge in [-0.05, 0) is 39.6 Å². The van der Waals surface area contributed by atoms with Gasteiger partial charge >= 0.3 is 0 Å². The molecule has 1 aromatic heterocycles. The fourth-order valence-electron chi connectivity index (χ4n) is 6.16. The van der Waals surface area contributed by atoms with Crippen LogP contribution in [0.3, 0.4) is 0 Å². The average molecular weight is 397 g/mol. The molecule has 3 heteroatoms. The first-order valence-corrected chi connectivity index (χ1v) is 10.9. The molecule has 31 heavy (non-hydrogen) atoms. The van der Waals surface area contributed by atoms with Crippen LogP contribution in [0.25, 0.3) is 27.4 Å². The molecule has 0 N–H and O–H groups in total. The third kappa shape index (κ3) is 1.93. The third-order valence-corrected chi connectivity index (χ3v) is 7.48. The lowest BCUT2D eigenvalue weighted by molar-refractivity contribution is 0.645. The van der Waals surface area contributed by atoms with Crippen molar-refractivity contribution in [2.75, 3.05) is 0 Å². The second-order valence-corrected chi connectivity index (χ2v) is 9.31. The smallest absolute Gasteiger partial charge is 0.263 e. The van der Waals surface area contributed by atoms with Crippen molar-refractivity contribution in [2.24, 2.45) is 0 Å². The van der Waals surface area contributed by atoms with E-state index in [-0.39, 0.29) is 17.7 Å².